The fourth-order valence-corrected chi connectivity index (χ4v) is 5.57. The topological polar surface area (TPSA) is 80.5 Å². The Labute approximate surface area is 181 Å². The van der Waals surface area contributed by atoms with E-state index in [1.54, 1.807) is 22.8 Å². The summed E-state index contributed by atoms with van der Waals surface area (Å²) in [7, 11) is 0. The van der Waals surface area contributed by atoms with E-state index >= 15 is 0 Å². The summed E-state index contributed by atoms with van der Waals surface area (Å²) in [6.45, 7) is 3.81. The van der Waals surface area contributed by atoms with Gasteiger partial charge in [0.25, 0.3) is 5.92 Å². The Kier molecular flexibility index (Phi) is 4.31. The van der Waals surface area contributed by atoms with Crippen LogP contribution in [0.4, 0.5) is 19.9 Å². The third-order valence-electron chi connectivity index (χ3n) is 6.64. The molecule has 3 fully saturated rings. The van der Waals surface area contributed by atoms with E-state index in [2.05, 4.69) is 29.7 Å². The molecule has 0 aromatic carbocycles. The van der Waals surface area contributed by atoms with Gasteiger partial charge in [-0.1, -0.05) is 0 Å². The average molecular weight is 448 g/mol. The van der Waals surface area contributed by atoms with Crippen LogP contribution in [-0.4, -0.2) is 55.6 Å². The maximum atomic E-state index is 13.2. The van der Waals surface area contributed by atoms with Gasteiger partial charge in [-0.15, -0.1) is 5.10 Å². The number of aryl methyl sites for hydroxylation is 1. The largest absolute Gasteiger partial charge is 0.489 e. The smallest absolute Gasteiger partial charge is 0.255 e. The van der Waals surface area contributed by atoms with E-state index in [0.29, 0.717) is 35.2 Å². The van der Waals surface area contributed by atoms with Crippen molar-refractivity contribution in [3.05, 3.63) is 24.2 Å². The summed E-state index contributed by atoms with van der Waals surface area (Å²) < 4.78 is 37.9. The summed E-state index contributed by atoms with van der Waals surface area (Å²) in [5.74, 6) is -0.460. The Morgan fingerprint density at radius 1 is 1.26 bits per heavy atom. The molecule has 1 aliphatic heterocycles. The number of ether oxygens (including phenoxy) is 1. The summed E-state index contributed by atoms with van der Waals surface area (Å²) >= 11 is 1.46. The van der Waals surface area contributed by atoms with Crippen LogP contribution in [0.1, 0.15) is 25.1 Å². The van der Waals surface area contributed by atoms with Crippen molar-refractivity contribution in [2.45, 2.75) is 38.2 Å². The number of alkyl halides is 2. The SMILES string of the molecule is Cc1nsc(N2C[C@H]3CC[C@@H](C2)C3Nc2nc3c(OCC4CC4(F)F)cccn3n2)n1. The monoisotopic (exact) mass is 447 g/mol. The first-order valence-corrected chi connectivity index (χ1v) is 11.4. The van der Waals surface area contributed by atoms with Crippen molar-refractivity contribution in [2.24, 2.45) is 17.8 Å². The zero-order chi connectivity index (χ0) is 21.2. The van der Waals surface area contributed by atoms with E-state index in [1.807, 2.05) is 6.92 Å². The molecule has 2 unspecified atom stereocenters. The lowest BCUT2D eigenvalue weighted by Gasteiger charge is -2.37. The Hall–Kier alpha value is -2.56. The number of anilines is 2. The number of nitrogens with zero attached hydrogens (tertiary/aromatic N) is 6. The van der Waals surface area contributed by atoms with Crippen molar-refractivity contribution >= 4 is 28.3 Å². The molecule has 0 spiro atoms. The van der Waals surface area contributed by atoms with Gasteiger partial charge in [0.15, 0.2) is 11.4 Å². The van der Waals surface area contributed by atoms with E-state index in [4.69, 9.17) is 4.74 Å². The lowest BCUT2D eigenvalue weighted by Crippen LogP contribution is -2.48. The van der Waals surface area contributed by atoms with Gasteiger partial charge in [0.05, 0.1) is 12.5 Å². The number of nitrogens with one attached hydrogen (secondary N) is 1. The predicted molar refractivity (Wildman–Crippen MR) is 112 cm³/mol. The molecule has 4 atom stereocenters. The van der Waals surface area contributed by atoms with Gasteiger partial charge in [-0.2, -0.15) is 9.36 Å². The van der Waals surface area contributed by atoms with E-state index in [1.165, 1.54) is 11.5 Å². The van der Waals surface area contributed by atoms with Gasteiger partial charge < -0.3 is 15.0 Å². The first kappa shape index (κ1) is 19.1. The molecular formula is C20H23F2N7OS. The lowest BCUT2D eigenvalue weighted by atomic mass is 9.92. The summed E-state index contributed by atoms with van der Waals surface area (Å²) in [6.07, 6.45) is 4.01. The number of pyridine rings is 1. The second kappa shape index (κ2) is 6.98. The first-order valence-electron chi connectivity index (χ1n) is 10.6. The van der Waals surface area contributed by atoms with Crippen LogP contribution in [0.3, 0.4) is 0 Å². The van der Waals surface area contributed by atoms with Gasteiger partial charge >= 0.3 is 0 Å². The van der Waals surface area contributed by atoms with Crippen molar-refractivity contribution in [3.63, 3.8) is 0 Å². The van der Waals surface area contributed by atoms with Crippen molar-refractivity contribution in [1.82, 2.24) is 24.0 Å². The minimum Gasteiger partial charge on any atom is -0.489 e. The van der Waals surface area contributed by atoms with Gasteiger partial charge in [0, 0.05) is 43.3 Å². The fraction of sp³-hybridized carbons (Fsp3) is 0.600. The molecule has 2 bridgehead atoms. The van der Waals surface area contributed by atoms with Gasteiger partial charge in [-0.3, -0.25) is 0 Å². The van der Waals surface area contributed by atoms with E-state index in [9.17, 15) is 8.78 Å². The van der Waals surface area contributed by atoms with Crippen molar-refractivity contribution in [1.29, 1.82) is 0 Å². The maximum absolute atomic E-state index is 13.2. The number of aromatic nitrogens is 5. The Morgan fingerprint density at radius 3 is 2.71 bits per heavy atom. The highest BCUT2D eigenvalue weighted by molar-refractivity contribution is 7.09. The number of hydrogen-bond acceptors (Lipinski definition) is 8. The lowest BCUT2D eigenvalue weighted by molar-refractivity contribution is 0.0857. The molecule has 0 radical (unpaired) electrons. The highest BCUT2D eigenvalue weighted by Gasteiger charge is 2.57. The molecular weight excluding hydrogens is 424 g/mol. The van der Waals surface area contributed by atoms with Crippen LogP contribution in [0.15, 0.2) is 18.3 Å². The molecule has 2 aliphatic carbocycles. The van der Waals surface area contributed by atoms with Gasteiger partial charge in [-0.05, 0) is 43.7 Å². The summed E-state index contributed by atoms with van der Waals surface area (Å²) in [6, 6.07) is 3.84. The molecule has 164 valence electrons. The fourth-order valence-electron chi connectivity index (χ4n) is 4.87. The molecule has 1 saturated heterocycles. The van der Waals surface area contributed by atoms with Crippen molar-refractivity contribution in [3.8, 4) is 5.75 Å². The summed E-state index contributed by atoms with van der Waals surface area (Å²) in [4.78, 5) is 11.5. The Morgan fingerprint density at radius 2 is 2.03 bits per heavy atom. The molecule has 11 heteroatoms. The summed E-state index contributed by atoms with van der Waals surface area (Å²) in [5, 5.41) is 9.10. The Bertz CT molecular complexity index is 1100. The third kappa shape index (κ3) is 3.48. The molecule has 4 heterocycles. The van der Waals surface area contributed by atoms with Crippen LogP contribution in [0.5, 0.6) is 5.75 Å². The van der Waals surface area contributed by atoms with Crippen molar-refractivity contribution < 1.29 is 13.5 Å². The minimum absolute atomic E-state index is 0.00398. The number of hydrogen-bond donors (Lipinski definition) is 1. The second-order valence-corrected chi connectivity index (χ2v) is 9.58. The Balaban J connectivity index is 1.16. The zero-order valence-corrected chi connectivity index (χ0v) is 17.9. The van der Waals surface area contributed by atoms with Gasteiger partial charge in [0.1, 0.15) is 5.82 Å². The summed E-state index contributed by atoms with van der Waals surface area (Å²) in [5.41, 5.74) is 0.545. The molecule has 1 N–H and O–H groups in total. The molecule has 3 aromatic heterocycles. The molecule has 6 rings (SSSR count). The van der Waals surface area contributed by atoms with Crippen LogP contribution in [0.25, 0.3) is 5.65 Å². The molecule has 3 aliphatic rings. The maximum Gasteiger partial charge on any atom is 0.255 e. The predicted octanol–water partition coefficient (Wildman–Crippen LogP) is 3.25. The van der Waals surface area contributed by atoms with Gasteiger partial charge in [0.2, 0.25) is 11.1 Å². The average Bonchev–Trinajstić information content (AvgIpc) is 3.09. The molecule has 31 heavy (non-hydrogen) atoms. The van der Waals surface area contributed by atoms with Crippen molar-refractivity contribution in [2.75, 3.05) is 29.9 Å². The van der Waals surface area contributed by atoms with E-state index in [0.717, 1.165) is 36.9 Å². The van der Waals surface area contributed by atoms with Crippen LogP contribution in [0.2, 0.25) is 0 Å². The van der Waals surface area contributed by atoms with Crippen LogP contribution in [-0.2, 0) is 0 Å². The van der Waals surface area contributed by atoms with Gasteiger partial charge in [-0.25, -0.2) is 18.3 Å². The van der Waals surface area contributed by atoms with Crippen LogP contribution >= 0.6 is 11.5 Å². The van der Waals surface area contributed by atoms with E-state index in [-0.39, 0.29) is 13.0 Å². The molecule has 8 nitrogen and oxygen atoms in total. The third-order valence-corrected chi connectivity index (χ3v) is 7.51. The molecule has 2 saturated carbocycles. The second-order valence-electron chi connectivity index (χ2n) is 8.85. The molecule has 3 aromatic rings. The number of piperidine rings is 1. The molecule has 0 amide bonds. The van der Waals surface area contributed by atoms with E-state index < -0.39 is 11.8 Å². The highest BCUT2D eigenvalue weighted by Crippen LogP contribution is 2.48. The number of halogens is 2. The number of rotatable bonds is 6. The quantitative estimate of drug-likeness (QED) is 0.621. The number of fused-ring (bicyclic) bond motifs is 3. The highest BCUT2D eigenvalue weighted by atomic mass is 32.1. The minimum atomic E-state index is -2.59. The first-order chi connectivity index (χ1) is 15.0. The zero-order valence-electron chi connectivity index (χ0n) is 17.0. The normalized spacial score (nSPS) is 28.8. The van der Waals surface area contributed by atoms with Crippen LogP contribution < -0.4 is 15.0 Å². The standard InChI is InChI=1S/C20H23F2N7OS/c1-11-23-19(31-27-11)28-8-12-4-5-13(9-28)16(12)24-18-25-17-15(3-2-6-29(17)26-18)30-10-14-7-20(14,21)22/h2-3,6,12-14,16H,4-5,7-10H2,1H3,(H,24,26)/t12-,13+,14?,16?. The van der Waals surface area contributed by atoms with Crippen LogP contribution in [0, 0.1) is 24.7 Å².